The van der Waals surface area contributed by atoms with Gasteiger partial charge in [-0.3, -0.25) is 9.59 Å². The summed E-state index contributed by atoms with van der Waals surface area (Å²) in [6.45, 7) is 2.58. The molecule has 0 aromatic carbocycles. The van der Waals surface area contributed by atoms with Crippen molar-refractivity contribution in [2.45, 2.75) is 5.16 Å². The molecule has 0 atom stereocenters. The third-order valence-electron chi connectivity index (χ3n) is 2.38. The third kappa shape index (κ3) is 3.23. The van der Waals surface area contributed by atoms with Crippen LogP contribution in [0.15, 0.2) is 22.2 Å². The lowest BCUT2D eigenvalue weighted by atomic mass is 10.5. The number of hydrogen-bond acceptors (Lipinski definition) is 6. The van der Waals surface area contributed by atoms with Gasteiger partial charge >= 0.3 is 5.97 Å². The van der Waals surface area contributed by atoms with Gasteiger partial charge in [-0.1, -0.05) is 11.8 Å². The minimum absolute atomic E-state index is 0.124. The summed E-state index contributed by atoms with van der Waals surface area (Å²) in [5, 5.41) is 11.0. The van der Waals surface area contributed by atoms with Gasteiger partial charge in [-0.15, -0.1) is 0 Å². The van der Waals surface area contributed by atoms with E-state index in [1.54, 1.807) is 10.9 Å². The van der Waals surface area contributed by atoms with Crippen molar-refractivity contribution in [1.82, 2.24) is 9.66 Å². The highest BCUT2D eigenvalue weighted by Gasteiger charge is 2.15. The monoisotopic (exact) mass is 271 g/mol. The standard InChI is InChI=1S/C10H13N3O4S/c14-8-1-2-13(12-3-5-17-6-4-12)10(11-8)18-7-9(15)16/h1-2H,3-7H2,(H,15,16). The highest BCUT2D eigenvalue weighted by molar-refractivity contribution is 7.99. The summed E-state index contributed by atoms with van der Waals surface area (Å²) in [7, 11) is 0. The van der Waals surface area contributed by atoms with E-state index < -0.39 is 5.97 Å². The van der Waals surface area contributed by atoms with Gasteiger partial charge in [0.05, 0.1) is 32.1 Å². The van der Waals surface area contributed by atoms with Crippen molar-refractivity contribution < 1.29 is 14.6 Å². The number of thioether (sulfide) groups is 1. The van der Waals surface area contributed by atoms with Crippen LogP contribution in [0.4, 0.5) is 0 Å². The number of hydrogen-bond donors (Lipinski definition) is 1. The molecule has 0 bridgehead atoms. The summed E-state index contributed by atoms with van der Waals surface area (Å²) in [5.41, 5.74) is -0.368. The molecule has 1 N–H and O–H groups in total. The van der Waals surface area contributed by atoms with Crippen molar-refractivity contribution in [3.05, 3.63) is 22.6 Å². The topological polar surface area (TPSA) is 84.7 Å². The second kappa shape index (κ2) is 5.87. The Labute approximate surface area is 107 Å². The lowest BCUT2D eigenvalue weighted by Crippen LogP contribution is -2.45. The first-order valence-corrected chi connectivity index (χ1v) is 6.42. The molecule has 1 aliphatic heterocycles. The Morgan fingerprint density at radius 2 is 2.22 bits per heavy atom. The SMILES string of the molecule is O=C(O)CSc1nc(=O)ccn1N1CCOCC1. The zero-order valence-corrected chi connectivity index (χ0v) is 10.4. The maximum Gasteiger partial charge on any atom is 0.313 e. The molecule has 2 rings (SSSR count). The normalized spacial score (nSPS) is 15.7. The summed E-state index contributed by atoms with van der Waals surface area (Å²) in [4.78, 5) is 25.7. The zero-order chi connectivity index (χ0) is 13.0. The van der Waals surface area contributed by atoms with E-state index in [0.29, 0.717) is 31.5 Å². The van der Waals surface area contributed by atoms with Gasteiger partial charge in [-0.05, 0) is 0 Å². The van der Waals surface area contributed by atoms with Crippen LogP contribution in [0.25, 0.3) is 0 Å². The molecule has 0 spiro atoms. The number of morpholine rings is 1. The van der Waals surface area contributed by atoms with E-state index in [1.807, 2.05) is 5.01 Å². The number of nitrogens with zero attached hydrogens (tertiary/aromatic N) is 3. The second-order valence-electron chi connectivity index (χ2n) is 3.64. The molecule has 8 heteroatoms. The summed E-state index contributed by atoms with van der Waals surface area (Å²) in [6.07, 6.45) is 1.62. The Hall–Kier alpha value is -1.54. The van der Waals surface area contributed by atoms with Crippen LogP contribution in [0, 0.1) is 0 Å². The quantitative estimate of drug-likeness (QED) is 0.577. The third-order valence-corrected chi connectivity index (χ3v) is 3.30. The molecule has 1 aliphatic rings. The number of carboxylic acids is 1. The van der Waals surface area contributed by atoms with E-state index >= 15 is 0 Å². The highest BCUT2D eigenvalue weighted by Crippen LogP contribution is 2.14. The van der Waals surface area contributed by atoms with Crippen LogP contribution in [0.1, 0.15) is 0 Å². The lowest BCUT2D eigenvalue weighted by molar-refractivity contribution is -0.133. The zero-order valence-electron chi connectivity index (χ0n) is 9.61. The average Bonchev–Trinajstić information content (AvgIpc) is 2.37. The Kier molecular flexibility index (Phi) is 4.21. The van der Waals surface area contributed by atoms with Crippen LogP contribution in [0.5, 0.6) is 0 Å². The van der Waals surface area contributed by atoms with Gasteiger partial charge in [0.15, 0.2) is 5.16 Å². The second-order valence-corrected chi connectivity index (χ2v) is 4.58. The molecule has 7 nitrogen and oxygen atoms in total. The van der Waals surface area contributed by atoms with Gasteiger partial charge in [0.1, 0.15) is 0 Å². The number of carboxylic acid groups (broad SMARTS) is 1. The Morgan fingerprint density at radius 1 is 1.50 bits per heavy atom. The minimum atomic E-state index is -0.938. The molecular formula is C10H13N3O4S. The van der Waals surface area contributed by atoms with E-state index in [-0.39, 0.29) is 11.3 Å². The molecule has 0 radical (unpaired) electrons. The van der Waals surface area contributed by atoms with E-state index in [9.17, 15) is 9.59 Å². The lowest BCUT2D eigenvalue weighted by Gasteiger charge is -2.31. The summed E-state index contributed by atoms with van der Waals surface area (Å²) < 4.78 is 6.96. The molecule has 1 aromatic heterocycles. The maximum absolute atomic E-state index is 11.2. The summed E-state index contributed by atoms with van der Waals surface area (Å²) >= 11 is 1.03. The molecule has 0 unspecified atom stereocenters. The molecule has 1 saturated heterocycles. The van der Waals surface area contributed by atoms with Crippen molar-refractivity contribution in [3.63, 3.8) is 0 Å². The maximum atomic E-state index is 11.2. The first-order chi connectivity index (χ1) is 8.66. The molecular weight excluding hydrogens is 258 g/mol. The first kappa shape index (κ1) is 12.9. The van der Waals surface area contributed by atoms with Crippen LogP contribution in [0.2, 0.25) is 0 Å². The van der Waals surface area contributed by atoms with Crippen LogP contribution in [-0.2, 0) is 9.53 Å². The van der Waals surface area contributed by atoms with E-state index in [1.165, 1.54) is 6.07 Å². The molecule has 0 saturated carbocycles. The van der Waals surface area contributed by atoms with Gasteiger partial charge in [-0.25, -0.2) is 4.68 Å². The molecule has 18 heavy (non-hydrogen) atoms. The minimum Gasteiger partial charge on any atom is -0.481 e. The van der Waals surface area contributed by atoms with Crippen LogP contribution >= 0.6 is 11.8 Å². The van der Waals surface area contributed by atoms with Crippen molar-refractivity contribution >= 4 is 17.7 Å². The molecule has 1 fully saturated rings. The van der Waals surface area contributed by atoms with Crippen molar-refractivity contribution in [2.24, 2.45) is 0 Å². The Balaban J connectivity index is 2.21. The van der Waals surface area contributed by atoms with Crippen molar-refractivity contribution in [2.75, 3.05) is 37.1 Å². The van der Waals surface area contributed by atoms with E-state index in [0.717, 1.165) is 11.8 Å². The number of carbonyl (C=O) groups is 1. The Bertz CT molecular complexity index is 484. The van der Waals surface area contributed by atoms with Crippen LogP contribution in [-0.4, -0.2) is 52.8 Å². The van der Waals surface area contributed by atoms with Gasteiger partial charge in [0.2, 0.25) is 0 Å². The molecule has 1 aromatic rings. The number of aliphatic carboxylic acids is 1. The number of ether oxygens (including phenoxy) is 1. The molecule has 0 amide bonds. The highest BCUT2D eigenvalue weighted by atomic mass is 32.2. The van der Waals surface area contributed by atoms with Crippen molar-refractivity contribution in [3.8, 4) is 0 Å². The van der Waals surface area contributed by atoms with Gasteiger partial charge in [-0.2, -0.15) is 4.98 Å². The van der Waals surface area contributed by atoms with E-state index in [4.69, 9.17) is 9.84 Å². The summed E-state index contributed by atoms with van der Waals surface area (Å²) in [6, 6.07) is 1.36. The molecule has 2 heterocycles. The summed E-state index contributed by atoms with van der Waals surface area (Å²) in [5.74, 6) is -1.06. The van der Waals surface area contributed by atoms with E-state index in [2.05, 4.69) is 4.98 Å². The fourth-order valence-electron chi connectivity index (χ4n) is 1.59. The number of rotatable bonds is 4. The largest absolute Gasteiger partial charge is 0.481 e. The smallest absolute Gasteiger partial charge is 0.313 e. The van der Waals surface area contributed by atoms with Gasteiger partial charge < -0.3 is 14.9 Å². The van der Waals surface area contributed by atoms with Gasteiger partial charge in [0, 0.05) is 12.3 Å². The molecule has 98 valence electrons. The molecule has 0 aliphatic carbocycles. The van der Waals surface area contributed by atoms with Crippen LogP contribution in [0.3, 0.4) is 0 Å². The van der Waals surface area contributed by atoms with Crippen LogP contribution < -0.4 is 10.6 Å². The number of aromatic nitrogens is 2. The first-order valence-electron chi connectivity index (χ1n) is 5.44. The predicted octanol–water partition coefficient (Wildman–Crippen LogP) is -0.612. The average molecular weight is 271 g/mol. The Morgan fingerprint density at radius 3 is 2.89 bits per heavy atom. The predicted molar refractivity (Wildman–Crippen MR) is 65.6 cm³/mol. The van der Waals surface area contributed by atoms with Crippen molar-refractivity contribution in [1.29, 1.82) is 0 Å². The van der Waals surface area contributed by atoms with Gasteiger partial charge in [0.25, 0.3) is 5.56 Å². The fraction of sp³-hybridized carbons (Fsp3) is 0.500. The fourth-order valence-corrected chi connectivity index (χ4v) is 2.31.